The molecule has 0 spiro atoms. The zero-order chi connectivity index (χ0) is 23.2. The van der Waals surface area contributed by atoms with Crippen LogP contribution in [-0.4, -0.2) is 66.9 Å². The average molecular weight is 454 g/mol. The summed E-state index contributed by atoms with van der Waals surface area (Å²) < 4.78 is 22.7. The van der Waals surface area contributed by atoms with Crippen molar-refractivity contribution in [3.8, 4) is 17.2 Å². The van der Waals surface area contributed by atoms with Gasteiger partial charge in [-0.15, -0.1) is 0 Å². The third-order valence-electron chi connectivity index (χ3n) is 5.64. The molecule has 176 valence electrons. The van der Waals surface area contributed by atoms with Crippen LogP contribution in [0.1, 0.15) is 36.8 Å². The Hall–Kier alpha value is -3.26. The number of ether oxygens (including phenoxy) is 3. The molecule has 1 amide bonds. The van der Waals surface area contributed by atoms with Crippen molar-refractivity contribution >= 4 is 16.9 Å². The van der Waals surface area contributed by atoms with E-state index >= 15 is 0 Å². The number of benzene rings is 2. The van der Waals surface area contributed by atoms with Crippen LogP contribution in [0.5, 0.6) is 17.2 Å². The Morgan fingerprint density at radius 3 is 2.21 bits per heavy atom. The molecule has 0 saturated carbocycles. The number of carbonyl (C=O) groups excluding carboxylic acids is 1. The van der Waals surface area contributed by atoms with Crippen LogP contribution in [-0.2, 0) is 6.54 Å². The van der Waals surface area contributed by atoms with Gasteiger partial charge in [0, 0.05) is 43.7 Å². The van der Waals surface area contributed by atoms with Gasteiger partial charge in [-0.25, -0.2) is 0 Å². The van der Waals surface area contributed by atoms with Gasteiger partial charge in [-0.3, -0.25) is 9.69 Å². The van der Waals surface area contributed by atoms with Crippen molar-refractivity contribution in [3.63, 3.8) is 0 Å². The summed E-state index contributed by atoms with van der Waals surface area (Å²) in [5.41, 5.74) is 2.27. The Morgan fingerprint density at radius 2 is 1.58 bits per heavy atom. The second-order valence-corrected chi connectivity index (χ2v) is 7.79. The molecule has 8 heteroatoms. The van der Waals surface area contributed by atoms with Gasteiger partial charge < -0.3 is 23.6 Å². The topological polar surface area (TPSA) is 77.3 Å². The third-order valence-corrected chi connectivity index (χ3v) is 5.64. The van der Waals surface area contributed by atoms with Crippen LogP contribution in [0.25, 0.3) is 11.0 Å². The maximum absolute atomic E-state index is 13.3. The van der Waals surface area contributed by atoms with E-state index in [4.69, 9.17) is 18.7 Å². The lowest BCUT2D eigenvalue weighted by molar-refractivity contribution is 0.0625. The molecule has 1 fully saturated rings. The molecule has 1 aliphatic rings. The normalized spacial score (nSPS) is 14.5. The number of aromatic nitrogens is 1. The summed E-state index contributed by atoms with van der Waals surface area (Å²) in [6.45, 7) is 10.6. The van der Waals surface area contributed by atoms with Crippen molar-refractivity contribution in [2.24, 2.45) is 0 Å². The molecule has 1 aromatic heterocycles. The maximum Gasteiger partial charge on any atom is 0.254 e. The standard InChI is InChI=1S/C25H31N3O5/c1-4-30-22-15-18(16-23(31-5-2)24(22)32-6-3)25(29)28-13-11-27(12-14-28)17-20-19-9-7-8-10-21(19)33-26-20/h7-10,15-16H,4-6,11-14,17H2,1-3H3. The molecule has 0 unspecified atom stereocenters. The Bertz CT molecular complexity index is 1060. The summed E-state index contributed by atoms with van der Waals surface area (Å²) in [5.74, 6) is 1.57. The molecular weight excluding hydrogens is 422 g/mol. The van der Waals surface area contributed by atoms with E-state index in [2.05, 4.69) is 10.1 Å². The highest BCUT2D eigenvalue weighted by atomic mass is 16.5. The zero-order valence-corrected chi connectivity index (χ0v) is 19.5. The Kier molecular flexibility index (Phi) is 7.34. The second kappa shape index (κ2) is 10.6. The predicted molar refractivity (Wildman–Crippen MR) is 125 cm³/mol. The molecule has 0 aliphatic carbocycles. The van der Waals surface area contributed by atoms with Crippen LogP contribution < -0.4 is 14.2 Å². The molecular formula is C25H31N3O5. The minimum atomic E-state index is -0.0357. The molecule has 0 N–H and O–H groups in total. The fourth-order valence-corrected chi connectivity index (χ4v) is 4.07. The fraction of sp³-hybridized carbons (Fsp3) is 0.440. The molecule has 33 heavy (non-hydrogen) atoms. The quantitative estimate of drug-likeness (QED) is 0.485. The lowest BCUT2D eigenvalue weighted by atomic mass is 10.1. The lowest BCUT2D eigenvalue weighted by Crippen LogP contribution is -2.48. The number of carbonyl (C=O) groups is 1. The Morgan fingerprint density at radius 1 is 0.939 bits per heavy atom. The van der Waals surface area contributed by atoms with Gasteiger partial charge in [0.1, 0.15) is 5.69 Å². The molecule has 4 rings (SSSR count). The summed E-state index contributed by atoms with van der Waals surface area (Å²) in [6, 6.07) is 11.4. The highest BCUT2D eigenvalue weighted by Crippen LogP contribution is 2.39. The molecule has 0 radical (unpaired) electrons. The molecule has 0 atom stereocenters. The predicted octanol–water partition coefficient (Wildman–Crippen LogP) is 3.98. The monoisotopic (exact) mass is 453 g/mol. The van der Waals surface area contributed by atoms with Gasteiger partial charge in [0.25, 0.3) is 5.91 Å². The molecule has 2 aromatic carbocycles. The van der Waals surface area contributed by atoms with E-state index < -0.39 is 0 Å². The minimum absolute atomic E-state index is 0.0357. The van der Waals surface area contributed by atoms with Crippen molar-refractivity contribution in [2.45, 2.75) is 27.3 Å². The first-order chi connectivity index (χ1) is 16.1. The maximum atomic E-state index is 13.3. The van der Waals surface area contributed by atoms with Crippen LogP contribution in [0.15, 0.2) is 40.9 Å². The van der Waals surface area contributed by atoms with Gasteiger partial charge in [-0.05, 0) is 45.0 Å². The van der Waals surface area contributed by atoms with Crippen molar-refractivity contribution in [1.29, 1.82) is 0 Å². The van der Waals surface area contributed by atoms with Gasteiger partial charge in [-0.1, -0.05) is 17.3 Å². The third kappa shape index (κ3) is 5.06. The molecule has 1 saturated heterocycles. The van der Waals surface area contributed by atoms with Gasteiger partial charge in [0.15, 0.2) is 17.1 Å². The van der Waals surface area contributed by atoms with E-state index in [1.165, 1.54) is 0 Å². The SMILES string of the molecule is CCOc1cc(C(=O)N2CCN(Cc3noc4ccccc34)CC2)cc(OCC)c1OCC. The largest absolute Gasteiger partial charge is 0.490 e. The van der Waals surface area contributed by atoms with E-state index in [-0.39, 0.29) is 5.91 Å². The first kappa shape index (κ1) is 22.9. The first-order valence-electron chi connectivity index (χ1n) is 11.6. The smallest absolute Gasteiger partial charge is 0.254 e. The first-order valence-corrected chi connectivity index (χ1v) is 11.6. The van der Waals surface area contributed by atoms with E-state index in [0.29, 0.717) is 62.3 Å². The summed E-state index contributed by atoms with van der Waals surface area (Å²) in [4.78, 5) is 17.5. The van der Waals surface area contributed by atoms with Crippen molar-refractivity contribution in [2.75, 3.05) is 46.0 Å². The molecule has 3 aromatic rings. The van der Waals surface area contributed by atoms with Gasteiger partial charge >= 0.3 is 0 Å². The lowest BCUT2D eigenvalue weighted by Gasteiger charge is -2.34. The fourth-order valence-electron chi connectivity index (χ4n) is 4.07. The molecule has 8 nitrogen and oxygen atoms in total. The number of hydrogen-bond acceptors (Lipinski definition) is 7. The highest BCUT2D eigenvalue weighted by Gasteiger charge is 2.26. The van der Waals surface area contributed by atoms with E-state index in [0.717, 1.165) is 29.8 Å². The summed E-state index contributed by atoms with van der Waals surface area (Å²) in [5, 5.41) is 5.27. The van der Waals surface area contributed by atoms with Crippen molar-refractivity contribution in [3.05, 3.63) is 47.7 Å². The molecule has 2 heterocycles. The second-order valence-electron chi connectivity index (χ2n) is 7.79. The molecule has 0 bridgehead atoms. The van der Waals surface area contributed by atoms with Crippen molar-refractivity contribution < 1.29 is 23.5 Å². The number of amides is 1. The number of hydrogen-bond donors (Lipinski definition) is 0. The summed E-state index contributed by atoms with van der Waals surface area (Å²) in [6.07, 6.45) is 0. The number of nitrogens with zero attached hydrogens (tertiary/aromatic N) is 3. The number of rotatable bonds is 9. The van der Waals surface area contributed by atoms with E-state index in [1.807, 2.05) is 49.9 Å². The van der Waals surface area contributed by atoms with Crippen LogP contribution in [0, 0.1) is 0 Å². The van der Waals surface area contributed by atoms with Gasteiger partial charge in [0.2, 0.25) is 5.75 Å². The van der Waals surface area contributed by atoms with Gasteiger partial charge in [0.05, 0.1) is 19.8 Å². The van der Waals surface area contributed by atoms with E-state index in [1.54, 1.807) is 12.1 Å². The highest BCUT2D eigenvalue weighted by molar-refractivity contribution is 5.95. The van der Waals surface area contributed by atoms with Crippen LogP contribution in [0.4, 0.5) is 0 Å². The van der Waals surface area contributed by atoms with Crippen molar-refractivity contribution in [1.82, 2.24) is 15.0 Å². The zero-order valence-electron chi connectivity index (χ0n) is 19.5. The van der Waals surface area contributed by atoms with Gasteiger partial charge in [-0.2, -0.15) is 0 Å². The summed E-state index contributed by atoms with van der Waals surface area (Å²) >= 11 is 0. The average Bonchev–Trinajstić information content (AvgIpc) is 3.24. The Balaban J connectivity index is 1.45. The minimum Gasteiger partial charge on any atom is -0.490 e. The summed E-state index contributed by atoms with van der Waals surface area (Å²) in [7, 11) is 0. The van der Waals surface area contributed by atoms with Crippen LogP contribution in [0.2, 0.25) is 0 Å². The number of fused-ring (bicyclic) bond motifs is 1. The van der Waals surface area contributed by atoms with Crippen LogP contribution >= 0.6 is 0 Å². The Labute approximate surface area is 194 Å². The number of piperazine rings is 1. The number of para-hydroxylation sites is 1. The van der Waals surface area contributed by atoms with E-state index in [9.17, 15) is 4.79 Å². The molecule has 1 aliphatic heterocycles. The van der Waals surface area contributed by atoms with Crippen LogP contribution in [0.3, 0.4) is 0 Å².